The first-order valence-corrected chi connectivity index (χ1v) is 4.99. The number of imide groups is 1. The van der Waals surface area contributed by atoms with Crippen LogP contribution in [0.3, 0.4) is 0 Å². The third-order valence-corrected chi connectivity index (χ3v) is 2.80. The van der Waals surface area contributed by atoms with Crippen molar-refractivity contribution in [1.82, 2.24) is 10.2 Å². The van der Waals surface area contributed by atoms with Crippen molar-refractivity contribution in [3.8, 4) is 0 Å². The van der Waals surface area contributed by atoms with Crippen molar-refractivity contribution in [1.29, 1.82) is 0 Å². The molecular formula is C9H12N2O5. The Balaban J connectivity index is 2.14. The van der Waals surface area contributed by atoms with Gasteiger partial charge in [-0.15, -0.1) is 0 Å². The molecule has 2 rings (SSSR count). The maximum Gasteiger partial charge on any atom is 0.323 e. The highest BCUT2D eigenvalue weighted by Gasteiger charge is 2.42. The van der Waals surface area contributed by atoms with Gasteiger partial charge in [-0.25, -0.2) is 0 Å². The summed E-state index contributed by atoms with van der Waals surface area (Å²) in [4.78, 5) is 35.0. The number of amides is 2. The summed E-state index contributed by atoms with van der Waals surface area (Å²) in [7, 11) is 0. The number of hydrogen-bond acceptors (Lipinski definition) is 5. The van der Waals surface area contributed by atoms with Crippen molar-refractivity contribution in [3.63, 3.8) is 0 Å². The highest BCUT2D eigenvalue weighted by molar-refractivity contribution is 6.05. The molecule has 0 bridgehead atoms. The molecule has 16 heavy (non-hydrogen) atoms. The van der Waals surface area contributed by atoms with Crippen molar-refractivity contribution < 1.29 is 24.2 Å². The number of nitrogens with zero attached hydrogens (tertiary/aromatic N) is 1. The zero-order chi connectivity index (χ0) is 11.7. The molecule has 2 atom stereocenters. The predicted octanol–water partition coefficient (Wildman–Crippen LogP) is -1.81. The maximum atomic E-state index is 11.4. The first-order chi connectivity index (χ1) is 7.59. The van der Waals surface area contributed by atoms with E-state index in [1.807, 2.05) is 0 Å². The number of carboxylic acids is 1. The van der Waals surface area contributed by atoms with E-state index < -0.39 is 24.0 Å². The smallest absolute Gasteiger partial charge is 0.323 e. The summed E-state index contributed by atoms with van der Waals surface area (Å²) >= 11 is 0. The van der Waals surface area contributed by atoms with Gasteiger partial charge in [0.15, 0.2) is 0 Å². The topological polar surface area (TPSA) is 95.9 Å². The molecule has 0 radical (unpaired) electrons. The van der Waals surface area contributed by atoms with Gasteiger partial charge in [0.1, 0.15) is 6.04 Å². The molecule has 2 saturated heterocycles. The molecule has 0 aromatic carbocycles. The number of hydrogen-bond donors (Lipinski definition) is 2. The Morgan fingerprint density at radius 3 is 2.81 bits per heavy atom. The van der Waals surface area contributed by atoms with E-state index in [1.165, 1.54) is 4.90 Å². The van der Waals surface area contributed by atoms with Crippen LogP contribution >= 0.6 is 0 Å². The molecule has 2 amide bonds. The van der Waals surface area contributed by atoms with Crippen molar-refractivity contribution in [2.24, 2.45) is 0 Å². The SMILES string of the molecule is O=C1CC(N2CCOCC2C(=O)O)C(=O)N1. The number of carbonyl (C=O) groups excluding carboxylic acids is 2. The summed E-state index contributed by atoms with van der Waals surface area (Å²) in [5, 5.41) is 11.2. The molecule has 2 fully saturated rings. The molecule has 88 valence electrons. The zero-order valence-electron chi connectivity index (χ0n) is 8.51. The van der Waals surface area contributed by atoms with E-state index in [4.69, 9.17) is 9.84 Å². The fourth-order valence-electron chi connectivity index (χ4n) is 2.01. The van der Waals surface area contributed by atoms with E-state index in [2.05, 4.69) is 5.32 Å². The van der Waals surface area contributed by atoms with E-state index in [0.717, 1.165) is 0 Å². The molecule has 0 aliphatic carbocycles. The first-order valence-electron chi connectivity index (χ1n) is 4.99. The molecule has 2 N–H and O–H groups in total. The average molecular weight is 228 g/mol. The summed E-state index contributed by atoms with van der Waals surface area (Å²) in [5.74, 6) is -1.81. The summed E-state index contributed by atoms with van der Waals surface area (Å²) in [6.45, 7) is 0.775. The minimum absolute atomic E-state index is 0.0304. The summed E-state index contributed by atoms with van der Waals surface area (Å²) in [6, 6.07) is -1.52. The van der Waals surface area contributed by atoms with Gasteiger partial charge in [0.25, 0.3) is 0 Å². The number of nitrogens with one attached hydrogen (secondary N) is 1. The van der Waals surface area contributed by atoms with Gasteiger partial charge < -0.3 is 9.84 Å². The van der Waals surface area contributed by atoms with E-state index in [-0.39, 0.29) is 18.9 Å². The molecule has 7 heteroatoms. The van der Waals surface area contributed by atoms with Gasteiger partial charge in [-0.3, -0.25) is 24.6 Å². The second-order valence-corrected chi connectivity index (χ2v) is 3.80. The second kappa shape index (κ2) is 4.18. The molecule has 0 aromatic heterocycles. The lowest BCUT2D eigenvalue weighted by Crippen LogP contribution is -2.56. The molecule has 0 spiro atoms. The van der Waals surface area contributed by atoms with Crippen LogP contribution in [0.2, 0.25) is 0 Å². The van der Waals surface area contributed by atoms with Gasteiger partial charge in [-0.2, -0.15) is 0 Å². The molecule has 2 aliphatic heterocycles. The van der Waals surface area contributed by atoms with E-state index >= 15 is 0 Å². The van der Waals surface area contributed by atoms with E-state index in [0.29, 0.717) is 13.2 Å². The number of rotatable bonds is 2. The largest absolute Gasteiger partial charge is 0.480 e. The van der Waals surface area contributed by atoms with Gasteiger partial charge in [-0.1, -0.05) is 0 Å². The fraction of sp³-hybridized carbons (Fsp3) is 0.667. The Morgan fingerprint density at radius 2 is 2.25 bits per heavy atom. The Morgan fingerprint density at radius 1 is 1.50 bits per heavy atom. The van der Waals surface area contributed by atoms with Crippen molar-refractivity contribution in [3.05, 3.63) is 0 Å². The molecule has 0 saturated carbocycles. The van der Waals surface area contributed by atoms with Crippen LogP contribution in [-0.2, 0) is 19.1 Å². The number of carbonyl (C=O) groups is 3. The quantitative estimate of drug-likeness (QED) is 0.541. The molecular weight excluding hydrogens is 216 g/mol. The Bertz CT molecular complexity index is 343. The van der Waals surface area contributed by atoms with Crippen LogP contribution < -0.4 is 5.32 Å². The summed E-state index contributed by atoms with van der Waals surface area (Å²) in [6.07, 6.45) is 0.0304. The molecule has 2 heterocycles. The van der Waals surface area contributed by atoms with E-state index in [1.54, 1.807) is 0 Å². The van der Waals surface area contributed by atoms with Crippen LogP contribution in [-0.4, -0.2) is 59.6 Å². The molecule has 2 aliphatic rings. The average Bonchev–Trinajstić information content (AvgIpc) is 2.57. The van der Waals surface area contributed by atoms with Crippen LogP contribution in [0.25, 0.3) is 0 Å². The van der Waals surface area contributed by atoms with Crippen LogP contribution in [0.1, 0.15) is 6.42 Å². The van der Waals surface area contributed by atoms with Gasteiger partial charge in [-0.05, 0) is 0 Å². The predicted molar refractivity (Wildman–Crippen MR) is 50.5 cm³/mol. The maximum absolute atomic E-state index is 11.4. The number of carboxylic acid groups (broad SMARTS) is 1. The lowest BCUT2D eigenvalue weighted by Gasteiger charge is -2.35. The highest BCUT2D eigenvalue weighted by Crippen LogP contribution is 2.17. The van der Waals surface area contributed by atoms with Gasteiger partial charge >= 0.3 is 5.97 Å². The minimum atomic E-state index is -1.04. The third kappa shape index (κ3) is 1.91. The fourth-order valence-corrected chi connectivity index (χ4v) is 2.01. The normalized spacial score (nSPS) is 31.5. The molecule has 7 nitrogen and oxygen atoms in total. The number of ether oxygens (including phenoxy) is 1. The molecule has 2 unspecified atom stereocenters. The second-order valence-electron chi connectivity index (χ2n) is 3.80. The van der Waals surface area contributed by atoms with Gasteiger partial charge in [0, 0.05) is 6.54 Å². The summed E-state index contributed by atoms with van der Waals surface area (Å²) < 4.78 is 5.06. The van der Waals surface area contributed by atoms with E-state index in [9.17, 15) is 14.4 Å². The van der Waals surface area contributed by atoms with Crippen LogP contribution in [0.5, 0.6) is 0 Å². The van der Waals surface area contributed by atoms with Crippen molar-refractivity contribution >= 4 is 17.8 Å². The Kier molecular flexibility index (Phi) is 2.88. The standard InChI is InChI=1S/C9H12N2O5/c12-7-3-5(8(13)10-7)11-1-2-16-4-6(11)9(14)15/h5-6H,1-4H2,(H,14,15)(H,10,12,13). The first kappa shape index (κ1) is 11.0. The summed E-state index contributed by atoms with van der Waals surface area (Å²) in [5.41, 5.74) is 0. The van der Waals surface area contributed by atoms with Crippen LogP contribution in [0.15, 0.2) is 0 Å². The van der Waals surface area contributed by atoms with Crippen molar-refractivity contribution in [2.75, 3.05) is 19.8 Å². The Hall–Kier alpha value is -1.47. The van der Waals surface area contributed by atoms with Crippen LogP contribution in [0, 0.1) is 0 Å². The number of morpholine rings is 1. The van der Waals surface area contributed by atoms with Crippen molar-refractivity contribution in [2.45, 2.75) is 18.5 Å². The van der Waals surface area contributed by atoms with Crippen LogP contribution in [0.4, 0.5) is 0 Å². The molecule has 0 aromatic rings. The number of aliphatic carboxylic acids is 1. The monoisotopic (exact) mass is 228 g/mol. The third-order valence-electron chi connectivity index (χ3n) is 2.80. The lowest BCUT2D eigenvalue weighted by molar-refractivity contribution is -0.153. The Labute approximate surface area is 91.3 Å². The van der Waals surface area contributed by atoms with Gasteiger partial charge in [0.05, 0.1) is 25.7 Å². The van der Waals surface area contributed by atoms with Gasteiger partial charge in [0.2, 0.25) is 11.8 Å². The zero-order valence-corrected chi connectivity index (χ0v) is 8.51. The minimum Gasteiger partial charge on any atom is -0.480 e. The lowest BCUT2D eigenvalue weighted by atomic mass is 10.1. The highest BCUT2D eigenvalue weighted by atomic mass is 16.5.